The number of carbonyl (C=O) groups is 1. The van der Waals surface area contributed by atoms with E-state index in [1.807, 2.05) is 6.07 Å². The maximum absolute atomic E-state index is 14.1. The fraction of sp³-hybridized carbons (Fsp3) is 0.136. The lowest BCUT2D eigenvalue weighted by molar-refractivity contribution is -0.118. The van der Waals surface area contributed by atoms with Crippen LogP contribution >= 0.6 is 11.3 Å². The smallest absolute Gasteiger partial charge is 0.230 e. The van der Waals surface area contributed by atoms with Crippen molar-refractivity contribution in [2.75, 3.05) is 10.7 Å². The van der Waals surface area contributed by atoms with E-state index in [9.17, 15) is 17.6 Å². The fourth-order valence-electron chi connectivity index (χ4n) is 3.06. The lowest BCUT2D eigenvalue weighted by Crippen LogP contribution is -2.31. The van der Waals surface area contributed by atoms with E-state index >= 15 is 0 Å². The van der Waals surface area contributed by atoms with E-state index in [0.29, 0.717) is 9.83 Å². The summed E-state index contributed by atoms with van der Waals surface area (Å²) in [6, 6.07) is 16.2. The lowest BCUT2D eigenvalue weighted by atomic mass is 10.2. The Kier molecular flexibility index (Phi) is 6.06. The fourth-order valence-corrected chi connectivity index (χ4v) is 5.31. The summed E-state index contributed by atoms with van der Waals surface area (Å²) >= 11 is 1.18. The van der Waals surface area contributed by atoms with E-state index in [-0.39, 0.29) is 29.1 Å². The molecule has 9 heteroatoms. The molecule has 0 fully saturated rings. The van der Waals surface area contributed by atoms with Crippen molar-refractivity contribution in [2.24, 2.45) is 0 Å². The van der Waals surface area contributed by atoms with Gasteiger partial charge in [0.25, 0.3) is 0 Å². The largest absolute Gasteiger partial charge is 0.284 e. The van der Waals surface area contributed by atoms with E-state index in [1.165, 1.54) is 34.4 Å². The molecule has 0 atom stereocenters. The molecule has 0 N–H and O–H groups in total. The number of aromatic nitrogens is 2. The molecule has 2 aromatic heterocycles. The molecule has 0 aliphatic heterocycles. The van der Waals surface area contributed by atoms with Gasteiger partial charge >= 0.3 is 0 Å². The number of fused-ring (bicyclic) bond motifs is 1. The summed E-state index contributed by atoms with van der Waals surface area (Å²) in [6.45, 7) is 0.152. The molecule has 0 radical (unpaired) electrons. The Labute approximate surface area is 182 Å². The molecule has 0 saturated carbocycles. The van der Waals surface area contributed by atoms with E-state index in [4.69, 9.17) is 0 Å². The summed E-state index contributed by atoms with van der Waals surface area (Å²) in [4.78, 5) is 23.0. The molecule has 4 rings (SSSR count). The molecule has 0 aliphatic rings. The monoisotopic (exact) mass is 455 g/mol. The standard InChI is InChI=1S/C22H18FN3O3S2/c23-18-9-4-10-19-21(18)25-22(30-19)26(15-16-6-5-12-24-14-16)20(27)11-13-31(28,29)17-7-2-1-3-8-17/h1-10,12,14H,11,13,15H2. The summed E-state index contributed by atoms with van der Waals surface area (Å²) in [6.07, 6.45) is 3.01. The summed E-state index contributed by atoms with van der Waals surface area (Å²) in [5, 5.41) is 0.311. The number of sulfone groups is 1. The van der Waals surface area contributed by atoms with E-state index in [0.717, 1.165) is 5.56 Å². The first-order valence-corrected chi connectivity index (χ1v) is 11.9. The molecule has 0 saturated heterocycles. The van der Waals surface area contributed by atoms with Crippen LogP contribution in [0.1, 0.15) is 12.0 Å². The van der Waals surface area contributed by atoms with E-state index in [2.05, 4.69) is 9.97 Å². The molecule has 31 heavy (non-hydrogen) atoms. The quantitative estimate of drug-likeness (QED) is 0.417. The Hall–Kier alpha value is -3.17. The van der Waals surface area contributed by atoms with Crippen LogP contribution in [-0.4, -0.2) is 30.0 Å². The van der Waals surface area contributed by atoms with Crippen LogP contribution < -0.4 is 4.90 Å². The predicted octanol–water partition coefficient (Wildman–Crippen LogP) is 4.23. The van der Waals surface area contributed by atoms with Crippen molar-refractivity contribution in [3.8, 4) is 0 Å². The topological polar surface area (TPSA) is 80.2 Å². The Morgan fingerprint density at radius 1 is 1.03 bits per heavy atom. The number of benzene rings is 2. The molecule has 1 amide bonds. The highest BCUT2D eigenvalue weighted by Gasteiger charge is 2.24. The van der Waals surface area contributed by atoms with E-state index < -0.39 is 21.6 Å². The Bertz CT molecular complexity index is 1310. The number of hydrogen-bond donors (Lipinski definition) is 0. The molecule has 0 bridgehead atoms. The van der Waals surface area contributed by atoms with Crippen LogP contribution in [0.4, 0.5) is 9.52 Å². The van der Waals surface area contributed by atoms with Crippen molar-refractivity contribution in [3.05, 3.63) is 84.4 Å². The number of pyridine rings is 1. The highest BCUT2D eigenvalue weighted by molar-refractivity contribution is 7.91. The molecular weight excluding hydrogens is 437 g/mol. The summed E-state index contributed by atoms with van der Waals surface area (Å²) < 4.78 is 39.9. The number of halogens is 1. The van der Waals surface area contributed by atoms with Crippen molar-refractivity contribution < 1.29 is 17.6 Å². The highest BCUT2D eigenvalue weighted by atomic mass is 32.2. The number of carbonyl (C=O) groups excluding carboxylic acids is 1. The number of thiazole rings is 1. The van der Waals surface area contributed by atoms with Gasteiger partial charge in [-0.25, -0.2) is 17.8 Å². The maximum atomic E-state index is 14.1. The third-order valence-electron chi connectivity index (χ3n) is 4.64. The molecular formula is C22H18FN3O3S2. The summed E-state index contributed by atoms with van der Waals surface area (Å²) in [5.74, 6) is -1.22. The second-order valence-corrected chi connectivity index (χ2v) is 9.92. The van der Waals surface area contributed by atoms with Crippen molar-refractivity contribution in [1.82, 2.24) is 9.97 Å². The average Bonchev–Trinajstić information content (AvgIpc) is 3.23. The number of para-hydroxylation sites is 1. The Balaban J connectivity index is 1.62. The van der Waals surface area contributed by atoms with Crippen LogP contribution in [0, 0.1) is 5.82 Å². The van der Waals surface area contributed by atoms with Crippen LogP contribution in [0.25, 0.3) is 10.2 Å². The van der Waals surface area contributed by atoms with Gasteiger partial charge in [0.05, 0.1) is 21.9 Å². The van der Waals surface area contributed by atoms with Gasteiger partial charge in [0.15, 0.2) is 15.0 Å². The summed E-state index contributed by atoms with van der Waals surface area (Å²) in [5.41, 5.74) is 0.935. The van der Waals surface area contributed by atoms with Crippen LogP contribution in [0.2, 0.25) is 0 Å². The molecule has 158 valence electrons. The first-order valence-electron chi connectivity index (χ1n) is 9.46. The summed E-state index contributed by atoms with van der Waals surface area (Å²) in [7, 11) is -3.61. The molecule has 0 spiro atoms. The molecule has 2 heterocycles. The van der Waals surface area contributed by atoms with Crippen molar-refractivity contribution >= 4 is 42.4 Å². The number of nitrogens with zero attached hydrogens (tertiary/aromatic N) is 3. The second-order valence-electron chi connectivity index (χ2n) is 6.81. The lowest BCUT2D eigenvalue weighted by Gasteiger charge is -2.20. The number of anilines is 1. The molecule has 0 aliphatic carbocycles. The van der Waals surface area contributed by atoms with Gasteiger partial charge in [0, 0.05) is 18.8 Å². The van der Waals surface area contributed by atoms with Crippen LogP contribution in [0.3, 0.4) is 0 Å². The van der Waals surface area contributed by atoms with Crippen molar-refractivity contribution in [3.63, 3.8) is 0 Å². The SMILES string of the molecule is O=C(CCS(=O)(=O)c1ccccc1)N(Cc1cccnc1)c1nc2c(F)cccc2s1. The Morgan fingerprint density at radius 2 is 1.84 bits per heavy atom. The van der Waals surface area contributed by atoms with Crippen LogP contribution in [0.15, 0.2) is 78.0 Å². The zero-order chi connectivity index (χ0) is 21.8. The third kappa shape index (κ3) is 4.78. The Morgan fingerprint density at radius 3 is 2.55 bits per heavy atom. The number of amides is 1. The van der Waals surface area contributed by atoms with Crippen molar-refractivity contribution in [2.45, 2.75) is 17.9 Å². The first-order chi connectivity index (χ1) is 14.9. The van der Waals surface area contributed by atoms with E-state index in [1.54, 1.807) is 48.8 Å². The minimum absolute atomic E-state index is 0.152. The zero-order valence-corrected chi connectivity index (χ0v) is 17.9. The zero-order valence-electron chi connectivity index (χ0n) is 16.3. The average molecular weight is 456 g/mol. The minimum atomic E-state index is -3.61. The van der Waals surface area contributed by atoms with Gasteiger partial charge in [-0.1, -0.05) is 41.7 Å². The molecule has 2 aromatic carbocycles. The van der Waals surface area contributed by atoms with Crippen LogP contribution in [-0.2, 0) is 21.2 Å². The van der Waals surface area contributed by atoms with Gasteiger partial charge in [-0.05, 0) is 35.9 Å². The third-order valence-corrected chi connectivity index (χ3v) is 7.42. The predicted molar refractivity (Wildman–Crippen MR) is 118 cm³/mol. The number of hydrogen-bond acceptors (Lipinski definition) is 6. The van der Waals surface area contributed by atoms with Gasteiger partial charge in [-0.2, -0.15) is 0 Å². The van der Waals surface area contributed by atoms with Gasteiger partial charge in [0.1, 0.15) is 11.3 Å². The maximum Gasteiger partial charge on any atom is 0.230 e. The molecule has 4 aromatic rings. The number of rotatable bonds is 7. The van der Waals surface area contributed by atoms with Gasteiger partial charge < -0.3 is 0 Å². The highest BCUT2D eigenvalue weighted by Crippen LogP contribution is 2.31. The van der Waals surface area contributed by atoms with Crippen LogP contribution in [0.5, 0.6) is 0 Å². The molecule has 6 nitrogen and oxygen atoms in total. The normalized spacial score (nSPS) is 11.5. The van der Waals surface area contributed by atoms with Crippen molar-refractivity contribution in [1.29, 1.82) is 0 Å². The minimum Gasteiger partial charge on any atom is -0.284 e. The molecule has 0 unspecified atom stereocenters. The van der Waals surface area contributed by atoms with Gasteiger partial charge in [-0.3, -0.25) is 14.7 Å². The van der Waals surface area contributed by atoms with Gasteiger partial charge in [0.2, 0.25) is 5.91 Å². The first kappa shape index (κ1) is 21.1. The second kappa shape index (κ2) is 8.91. The van der Waals surface area contributed by atoms with Gasteiger partial charge in [-0.15, -0.1) is 0 Å².